The van der Waals surface area contributed by atoms with Crippen molar-refractivity contribution in [3.05, 3.63) is 52.6 Å². The summed E-state index contributed by atoms with van der Waals surface area (Å²) in [7, 11) is 0. The number of halogens is 2. The Labute approximate surface area is 168 Å². The van der Waals surface area contributed by atoms with Crippen molar-refractivity contribution in [2.24, 2.45) is 0 Å². The zero-order valence-corrected chi connectivity index (χ0v) is 17.3. The van der Waals surface area contributed by atoms with Crippen LogP contribution >= 0.6 is 23.5 Å². The molecule has 0 aliphatic carbocycles. The molecule has 0 bridgehead atoms. The van der Waals surface area contributed by atoms with Gasteiger partial charge in [0.05, 0.1) is 0 Å². The molecule has 146 valence electrons. The normalized spacial score (nSPS) is 18.9. The standard InChI is InChI=1S/C21H24F2O2S2/c1-5-14(3)12-17(6-2)21(26-10-7-11-27-21)19(24)16-8-9-18(15(4)13-16)25-20(22)23/h2,5,8-9,12-13,19-20,24H,7,10-11H2,1,3-4H3/b14-5-,17-12+. The monoisotopic (exact) mass is 410 g/mol. The Morgan fingerprint density at radius 2 is 2.04 bits per heavy atom. The van der Waals surface area contributed by atoms with Crippen LogP contribution in [0.15, 0.2) is 41.5 Å². The molecule has 1 aliphatic rings. The average Bonchev–Trinajstić information content (AvgIpc) is 2.67. The Balaban J connectivity index is 2.46. The van der Waals surface area contributed by atoms with E-state index < -0.39 is 16.8 Å². The van der Waals surface area contributed by atoms with Crippen LogP contribution in [0.1, 0.15) is 37.5 Å². The zero-order valence-electron chi connectivity index (χ0n) is 15.7. The van der Waals surface area contributed by atoms with Crippen LogP contribution in [-0.4, -0.2) is 27.3 Å². The molecule has 0 spiro atoms. The molecule has 1 aliphatic heterocycles. The van der Waals surface area contributed by atoms with E-state index in [1.54, 1.807) is 42.6 Å². The van der Waals surface area contributed by atoms with E-state index in [1.807, 2.05) is 26.0 Å². The van der Waals surface area contributed by atoms with Gasteiger partial charge in [0.15, 0.2) is 0 Å². The molecule has 1 unspecified atom stereocenters. The van der Waals surface area contributed by atoms with Crippen molar-refractivity contribution in [1.29, 1.82) is 0 Å². The number of alkyl halides is 2. The number of terminal acetylenes is 1. The van der Waals surface area contributed by atoms with E-state index in [4.69, 9.17) is 6.42 Å². The largest absolute Gasteiger partial charge is 0.435 e. The van der Waals surface area contributed by atoms with Gasteiger partial charge in [-0.25, -0.2) is 0 Å². The molecule has 27 heavy (non-hydrogen) atoms. The first-order valence-electron chi connectivity index (χ1n) is 8.67. The van der Waals surface area contributed by atoms with Gasteiger partial charge in [0.2, 0.25) is 0 Å². The minimum absolute atomic E-state index is 0.108. The number of aliphatic hydroxyl groups excluding tert-OH is 1. The molecule has 1 aromatic carbocycles. The SMILES string of the molecule is C#C/C(=C\C(C)=C/C)C1(C(O)c2ccc(OC(F)F)c(C)c2)SCCCS1. The van der Waals surface area contributed by atoms with Gasteiger partial charge in [-0.15, -0.1) is 29.9 Å². The number of hydrogen-bond donors (Lipinski definition) is 1. The minimum Gasteiger partial charge on any atom is -0.435 e. The fourth-order valence-electron chi connectivity index (χ4n) is 2.85. The summed E-state index contributed by atoms with van der Waals surface area (Å²) in [6.45, 7) is 2.71. The van der Waals surface area contributed by atoms with E-state index in [-0.39, 0.29) is 5.75 Å². The van der Waals surface area contributed by atoms with Crippen molar-refractivity contribution in [2.75, 3.05) is 11.5 Å². The van der Waals surface area contributed by atoms with Crippen LogP contribution < -0.4 is 4.74 Å². The number of allylic oxidation sites excluding steroid dienone is 3. The van der Waals surface area contributed by atoms with Gasteiger partial charge < -0.3 is 9.84 Å². The van der Waals surface area contributed by atoms with Crippen LogP contribution in [0.2, 0.25) is 0 Å². The number of ether oxygens (including phenoxy) is 1. The van der Waals surface area contributed by atoms with E-state index in [2.05, 4.69) is 10.7 Å². The summed E-state index contributed by atoms with van der Waals surface area (Å²) in [6.07, 6.45) is 9.91. The lowest BCUT2D eigenvalue weighted by atomic mass is 9.97. The van der Waals surface area contributed by atoms with Gasteiger partial charge in [0, 0.05) is 5.57 Å². The molecule has 0 amide bonds. The first kappa shape index (κ1) is 21.9. The van der Waals surface area contributed by atoms with Crippen molar-refractivity contribution in [3.8, 4) is 18.1 Å². The van der Waals surface area contributed by atoms with Gasteiger partial charge in [0.25, 0.3) is 0 Å². The van der Waals surface area contributed by atoms with Crippen LogP contribution in [0.3, 0.4) is 0 Å². The predicted molar refractivity (Wildman–Crippen MR) is 111 cm³/mol. The Kier molecular flexibility index (Phi) is 7.84. The molecule has 0 aromatic heterocycles. The molecule has 1 N–H and O–H groups in total. The van der Waals surface area contributed by atoms with E-state index in [1.165, 1.54) is 6.07 Å². The molecule has 2 rings (SSSR count). The van der Waals surface area contributed by atoms with Crippen LogP contribution in [0.4, 0.5) is 8.78 Å². The van der Waals surface area contributed by atoms with Gasteiger partial charge in [-0.3, -0.25) is 0 Å². The molecular formula is C21H24F2O2S2. The molecule has 1 atom stereocenters. The molecule has 1 aromatic rings. The van der Waals surface area contributed by atoms with Gasteiger partial charge in [-0.05, 0) is 68.0 Å². The van der Waals surface area contributed by atoms with Gasteiger partial charge >= 0.3 is 6.61 Å². The number of rotatable bonds is 6. The summed E-state index contributed by atoms with van der Waals surface area (Å²) >= 11 is 3.29. The second kappa shape index (κ2) is 9.68. The van der Waals surface area contributed by atoms with E-state index in [0.717, 1.165) is 29.1 Å². The van der Waals surface area contributed by atoms with E-state index in [0.29, 0.717) is 11.1 Å². The molecule has 6 heteroatoms. The molecule has 0 radical (unpaired) electrons. The number of aliphatic hydroxyl groups is 1. The third-order valence-corrected chi connectivity index (χ3v) is 7.81. The molecule has 2 nitrogen and oxygen atoms in total. The summed E-state index contributed by atoms with van der Waals surface area (Å²) in [6, 6.07) is 4.79. The van der Waals surface area contributed by atoms with E-state index >= 15 is 0 Å². The van der Waals surface area contributed by atoms with Crippen molar-refractivity contribution in [2.45, 2.75) is 44.0 Å². The lowest BCUT2D eigenvalue weighted by molar-refractivity contribution is -0.0503. The smallest absolute Gasteiger partial charge is 0.387 e. The quantitative estimate of drug-likeness (QED) is 0.480. The summed E-state index contributed by atoms with van der Waals surface area (Å²) in [5.74, 6) is 4.67. The fraction of sp³-hybridized carbons (Fsp3) is 0.429. The number of benzene rings is 1. The van der Waals surface area contributed by atoms with Crippen molar-refractivity contribution < 1.29 is 18.6 Å². The van der Waals surface area contributed by atoms with Gasteiger partial charge in [-0.1, -0.05) is 23.6 Å². The van der Waals surface area contributed by atoms with Crippen molar-refractivity contribution in [3.63, 3.8) is 0 Å². The average molecular weight is 411 g/mol. The van der Waals surface area contributed by atoms with Crippen LogP contribution in [0.25, 0.3) is 0 Å². The molecule has 1 saturated heterocycles. The first-order valence-corrected chi connectivity index (χ1v) is 10.6. The van der Waals surface area contributed by atoms with Gasteiger partial charge in [-0.2, -0.15) is 8.78 Å². The first-order chi connectivity index (χ1) is 12.8. The lowest BCUT2D eigenvalue weighted by Gasteiger charge is -2.40. The lowest BCUT2D eigenvalue weighted by Crippen LogP contribution is -2.35. The van der Waals surface area contributed by atoms with Crippen molar-refractivity contribution >= 4 is 23.5 Å². The number of hydrogen-bond acceptors (Lipinski definition) is 4. The number of thioether (sulfide) groups is 2. The summed E-state index contributed by atoms with van der Waals surface area (Å²) in [5.41, 5.74) is 2.93. The molecule has 0 saturated carbocycles. The van der Waals surface area contributed by atoms with Crippen LogP contribution in [-0.2, 0) is 0 Å². The molecule has 1 fully saturated rings. The summed E-state index contributed by atoms with van der Waals surface area (Å²) in [5, 5.41) is 11.3. The maximum atomic E-state index is 12.5. The minimum atomic E-state index is -2.88. The van der Waals surface area contributed by atoms with Crippen LogP contribution in [0, 0.1) is 19.3 Å². The second-order valence-electron chi connectivity index (χ2n) is 6.26. The Hall–Kier alpha value is -1.42. The Morgan fingerprint density at radius 3 is 2.56 bits per heavy atom. The highest BCUT2D eigenvalue weighted by atomic mass is 32.2. The highest BCUT2D eigenvalue weighted by Gasteiger charge is 2.44. The third-order valence-electron chi connectivity index (χ3n) is 4.37. The molecular weight excluding hydrogens is 386 g/mol. The Bertz CT molecular complexity index is 760. The van der Waals surface area contributed by atoms with E-state index in [9.17, 15) is 13.9 Å². The summed E-state index contributed by atoms with van der Waals surface area (Å²) in [4.78, 5) is 0. The zero-order chi connectivity index (χ0) is 20.0. The maximum absolute atomic E-state index is 12.5. The van der Waals surface area contributed by atoms with Crippen molar-refractivity contribution in [1.82, 2.24) is 0 Å². The Morgan fingerprint density at radius 1 is 1.37 bits per heavy atom. The summed E-state index contributed by atoms with van der Waals surface area (Å²) < 4.78 is 28.8. The highest BCUT2D eigenvalue weighted by molar-refractivity contribution is 8.19. The topological polar surface area (TPSA) is 29.5 Å². The third kappa shape index (κ3) is 5.10. The van der Waals surface area contributed by atoms with Crippen LogP contribution in [0.5, 0.6) is 5.75 Å². The number of aryl methyl sites for hydroxylation is 1. The second-order valence-corrected chi connectivity index (χ2v) is 9.20. The maximum Gasteiger partial charge on any atom is 0.387 e. The fourth-order valence-corrected chi connectivity index (χ4v) is 6.19. The predicted octanol–water partition coefficient (Wildman–Crippen LogP) is 5.72. The highest BCUT2D eigenvalue weighted by Crippen LogP contribution is 2.55. The molecule has 1 heterocycles. The van der Waals surface area contributed by atoms with Gasteiger partial charge in [0.1, 0.15) is 15.9 Å².